The molecule has 1 heterocycles. The highest BCUT2D eigenvalue weighted by Gasteiger charge is 2.35. The van der Waals surface area contributed by atoms with E-state index >= 15 is 0 Å². The van der Waals surface area contributed by atoms with Gasteiger partial charge in [0.2, 0.25) is 5.91 Å². The predicted octanol–water partition coefficient (Wildman–Crippen LogP) is 2.69. The average molecular weight is 530 g/mol. The lowest BCUT2D eigenvalue weighted by Gasteiger charge is -2.13. The Kier molecular flexibility index (Phi) is 8.53. The molecule has 0 atom stereocenters. The van der Waals surface area contributed by atoms with Gasteiger partial charge in [0.15, 0.2) is 0 Å². The van der Waals surface area contributed by atoms with Gasteiger partial charge in [-0.05, 0) is 49.2 Å². The Morgan fingerprint density at radius 3 is 2.44 bits per heavy atom. The molecule has 0 aliphatic carbocycles. The van der Waals surface area contributed by atoms with Gasteiger partial charge in [-0.2, -0.15) is 0 Å². The number of halogens is 1. The van der Waals surface area contributed by atoms with Gasteiger partial charge < -0.3 is 15.4 Å². The van der Waals surface area contributed by atoms with Gasteiger partial charge in [-0.25, -0.2) is 0 Å². The van der Waals surface area contributed by atoms with Crippen LogP contribution in [0.2, 0.25) is 0 Å². The van der Waals surface area contributed by atoms with Crippen LogP contribution in [0.15, 0.2) is 46.9 Å². The highest BCUT2D eigenvalue weighted by Crippen LogP contribution is 2.26. The third kappa shape index (κ3) is 6.50. The number of nitrogens with zero attached hydrogens (tertiary/aromatic N) is 1. The van der Waals surface area contributed by atoms with E-state index in [2.05, 4.69) is 26.6 Å². The van der Waals surface area contributed by atoms with Crippen molar-refractivity contribution >= 4 is 45.5 Å². The zero-order chi connectivity index (χ0) is 24.7. The molecule has 0 bridgehead atoms. The molecule has 10 heteroatoms. The fourth-order valence-electron chi connectivity index (χ4n) is 3.44. The van der Waals surface area contributed by atoms with Gasteiger partial charge >= 0.3 is 5.97 Å². The highest BCUT2D eigenvalue weighted by atomic mass is 79.9. The molecule has 0 fully saturated rings. The minimum absolute atomic E-state index is 0.167. The second-order valence-electron chi connectivity index (χ2n) is 7.64. The lowest BCUT2D eigenvalue weighted by molar-refractivity contribution is -0.131. The van der Waals surface area contributed by atoms with Gasteiger partial charge in [0.05, 0.1) is 11.1 Å². The summed E-state index contributed by atoms with van der Waals surface area (Å²) in [6.07, 6.45) is 1.05. The molecule has 0 unspecified atom stereocenters. The van der Waals surface area contributed by atoms with Crippen LogP contribution in [-0.2, 0) is 9.59 Å². The lowest BCUT2D eigenvalue weighted by atomic mass is 10.1. The number of hydrogen-bond acceptors (Lipinski definition) is 6. The molecule has 0 saturated heterocycles. The third-order valence-electron chi connectivity index (χ3n) is 5.04. The van der Waals surface area contributed by atoms with E-state index in [1.807, 2.05) is 0 Å². The number of benzene rings is 2. The molecule has 1 aliphatic heterocycles. The first-order valence-electron chi connectivity index (χ1n) is 10.8. The molecular formula is C24H24BrN3O6. The van der Waals surface area contributed by atoms with E-state index in [0.717, 1.165) is 9.37 Å². The Bertz CT molecular complexity index is 1130. The van der Waals surface area contributed by atoms with Crippen LogP contribution in [0.5, 0.6) is 5.75 Å². The number of carbonyl (C=O) groups is 5. The maximum Gasteiger partial charge on any atom is 0.308 e. The minimum Gasteiger partial charge on any atom is -0.427 e. The molecule has 0 saturated carbocycles. The Morgan fingerprint density at radius 2 is 1.68 bits per heavy atom. The van der Waals surface area contributed by atoms with E-state index in [4.69, 9.17) is 4.74 Å². The van der Waals surface area contributed by atoms with Crippen LogP contribution in [0.3, 0.4) is 0 Å². The first kappa shape index (κ1) is 25.1. The number of carbonyl (C=O) groups excluding carboxylic acids is 5. The summed E-state index contributed by atoms with van der Waals surface area (Å²) >= 11 is 3.29. The Balaban J connectivity index is 1.32. The topological polar surface area (TPSA) is 122 Å². The van der Waals surface area contributed by atoms with Crippen LogP contribution in [0.4, 0.5) is 0 Å². The number of hydrogen-bond donors (Lipinski definition) is 2. The zero-order valence-corrected chi connectivity index (χ0v) is 20.1. The van der Waals surface area contributed by atoms with Gasteiger partial charge in [-0.1, -0.05) is 22.0 Å². The Labute approximate surface area is 205 Å². The van der Waals surface area contributed by atoms with Gasteiger partial charge in [0.1, 0.15) is 5.75 Å². The molecule has 9 nitrogen and oxygen atoms in total. The van der Waals surface area contributed by atoms with Crippen molar-refractivity contribution in [1.82, 2.24) is 15.5 Å². The second-order valence-corrected chi connectivity index (χ2v) is 8.55. The fraction of sp³-hybridized carbons (Fsp3) is 0.292. The van der Waals surface area contributed by atoms with Crippen molar-refractivity contribution in [1.29, 1.82) is 0 Å². The molecule has 2 aromatic rings. The lowest BCUT2D eigenvalue weighted by Crippen LogP contribution is -2.32. The van der Waals surface area contributed by atoms with Crippen molar-refractivity contribution in [3.8, 4) is 5.75 Å². The van der Waals surface area contributed by atoms with Crippen LogP contribution in [0, 0.1) is 0 Å². The van der Waals surface area contributed by atoms with Gasteiger partial charge in [0, 0.05) is 43.0 Å². The zero-order valence-electron chi connectivity index (χ0n) is 18.6. The molecule has 4 amide bonds. The quantitative estimate of drug-likeness (QED) is 0.211. The van der Waals surface area contributed by atoms with Crippen LogP contribution in [0.25, 0.3) is 0 Å². The van der Waals surface area contributed by atoms with E-state index in [-0.39, 0.29) is 36.6 Å². The third-order valence-corrected chi connectivity index (χ3v) is 5.53. The number of rotatable bonds is 10. The van der Waals surface area contributed by atoms with E-state index < -0.39 is 5.97 Å². The van der Waals surface area contributed by atoms with Crippen molar-refractivity contribution < 1.29 is 28.7 Å². The van der Waals surface area contributed by atoms with E-state index in [9.17, 15) is 24.0 Å². The number of amides is 4. The molecule has 34 heavy (non-hydrogen) atoms. The molecule has 0 radical (unpaired) electrons. The molecular weight excluding hydrogens is 506 g/mol. The average Bonchev–Trinajstić information content (AvgIpc) is 3.02. The summed E-state index contributed by atoms with van der Waals surface area (Å²) in [7, 11) is 0. The largest absolute Gasteiger partial charge is 0.427 e. The van der Waals surface area contributed by atoms with Crippen LogP contribution in [0.1, 0.15) is 57.3 Å². The first-order valence-corrected chi connectivity index (χ1v) is 11.5. The molecule has 1 aliphatic rings. The van der Waals surface area contributed by atoms with Crippen LogP contribution in [-0.4, -0.2) is 54.1 Å². The Morgan fingerprint density at radius 1 is 0.941 bits per heavy atom. The fourth-order valence-corrected chi connectivity index (χ4v) is 3.80. The van der Waals surface area contributed by atoms with E-state index in [1.165, 1.54) is 13.0 Å². The van der Waals surface area contributed by atoms with Crippen molar-refractivity contribution in [2.24, 2.45) is 0 Å². The Hall–Kier alpha value is -3.53. The summed E-state index contributed by atoms with van der Waals surface area (Å²) < 4.78 is 5.69. The monoisotopic (exact) mass is 529 g/mol. The maximum absolute atomic E-state index is 12.4. The standard InChI is InChI=1S/C24H24BrN3O6/c1-15(29)34-18-6-2-5-16(13-18)22(31)27-11-4-10-26-21(30)7-3-12-28-23(32)19-9-8-17(25)14-20(19)24(28)33/h2,5-6,8-9,13-14H,3-4,7,10-12H2,1H3,(H,26,30)(H,27,31). The molecule has 2 aromatic carbocycles. The van der Waals surface area contributed by atoms with Gasteiger partial charge in [-0.15, -0.1) is 0 Å². The minimum atomic E-state index is -0.467. The molecule has 0 aromatic heterocycles. The number of nitrogens with one attached hydrogen (secondary N) is 2. The predicted molar refractivity (Wildman–Crippen MR) is 126 cm³/mol. The number of fused-ring (bicyclic) bond motifs is 1. The summed E-state index contributed by atoms with van der Waals surface area (Å²) in [5.41, 5.74) is 1.10. The van der Waals surface area contributed by atoms with Crippen molar-refractivity contribution in [2.45, 2.75) is 26.2 Å². The van der Waals surface area contributed by atoms with Crippen molar-refractivity contribution in [3.63, 3.8) is 0 Å². The van der Waals surface area contributed by atoms with Crippen LogP contribution >= 0.6 is 15.9 Å². The molecule has 2 N–H and O–H groups in total. The second kappa shape index (κ2) is 11.6. The summed E-state index contributed by atoms with van der Waals surface area (Å²) in [5.74, 6) is -1.38. The van der Waals surface area contributed by atoms with Crippen molar-refractivity contribution in [2.75, 3.05) is 19.6 Å². The van der Waals surface area contributed by atoms with Crippen molar-refractivity contribution in [3.05, 3.63) is 63.6 Å². The molecule has 178 valence electrons. The number of imide groups is 1. The summed E-state index contributed by atoms with van der Waals surface area (Å²) in [6.45, 7) is 2.17. The normalized spacial score (nSPS) is 12.4. The summed E-state index contributed by atoms with van der Waals surface area (Å²) in [5, 5.41) is 5.50. The molecule has 3 rings (SSSR count). The highest BCUT2D eigenvalue weighted by molar-refractivity contribution is 9.10. The number of esters is 1. The maximum atomic E-state index is 12.4. The smallest absolute Gasteiger partial charge is 0.308 e. The van der Waals surface area contributed by atoms with Gasteiger partial charge in [0.25, 0.3) is 17.7 Å². The first-order chi connectivity index (χ1) is 16.3. The molecule has 0 spiro atoms. The summed E-state index contributed by atoms with van der Waals surface area (Å²) in [6, 6.07) is 11.2. The van der Waals surface area contributed by atoms with Crippen LogP contribution < -0.4 is 15.4 Å². The van der Waals surface area contributed by atoms with E-state index in [1.54, 1.807) is 36.4 Å². The summed E-state index contributed by atoms with van der Waals surface area (Å²) in [4.78, 5) is 61.3. The van der Waals surface area contributed by atoms with E-state index in [0.29, 0.717) is 48.4 Å². The SMILES string of the molecule is CC(=O)Oc1cccc(C(=O)NCCCNC(=O)CCCN2C(=O)c3ccc(Br)cc3C2=O)c1. The number of ether oxygens (including phenoxy) is 1. The van der Waals surface area contributed by atoms with Gasteiger partial charge in [-0.3, -0.25) is 28.9 Å².